The van der Waals surface area contributed by atoms with Gasteiger partial charge in [0.25, 0.3) is 0 Å². The van der Waals surface area contributed by atoms with Crippen molar-refractivity contribution in [3.8, 4) is 23.1 Å². The van der Waals surface area contributed by atoms with Gasteiger partial charge in [-0.15, -0.1) is 0 Å². The molecule has 0 saturated heterocycles. The van der Waals surface area contributed by atoms with Gasteiger partial charge >= 0.3 is 12.0 Å². The Labute approximate surface area is 131 Å². The zero-order valence-electron chi connectivity index (χ0n) is 12.5. The van der Waals surface area contributed by atoms with Crippen molar-refractivity contribution in [2.24, 2.45) is 5.11 Å². The fraction of sp³-hybridized carbons (Fsp3) is 0.133. The third-order valence-electron chi connectivity index (χ3n) is 3.26. The molecule has 3 aromatic rings. The number of fused-ring (bicyclic) bond motifs is 1. The van der Waals surface area contributed by atoms with Gasteiger partial charge < -0.3 is 9.47 Å². The van der Waals surface area contributed by atoms with Gasteiger partial charge in [0.15, 0.2) is 10.9 Å². The Morgan fingerprint density at radius 1 is 1.00 bits per heavy atom. The zero-order valence-corrected chi connectivity index (χ0v) is 12.5. The summed E-state index contributed by atoms with van der Waals surface area (Å²) in [5, 5.41) is 5.49. The lowest BCUT2D eigenvalue weighted by Crippen LogP contribution is -1.99. The molecule has 0 bridgehead atoms. The molecule has 0 amide bonds. The lowest BCUT2D eigenvalue weighted by molar-refractivity contribution is 0.379. The van der Waals surface area contributed by atoms with Gasteiger partial charge in [0, 0.05) is 0 Å². The second-order valence-electron chi connectivity index (χ2n) is 4.51. The van der Waals surface area contributed by atoms with Crippen molar-refractivity contribution in [3.63, 3.8) is 0 Å². The Hall–Kier alpha value is -3.38. The Bertz CT molecular complexity index is 921. The average molecular weight is 309 g/mol. The smallest absolute Gasteiger partial charge is 0.343 e. The van der Waals surface area contributed by atoms with Crippen molar-refractivity contribution in [3.05, 3.63) is 36.4 Å². The molecule has 114 valence electrons. The fourth-order valence-electron chi connectivity index (χ4n) is 2.29. The fourth-order valence-corrected chi connectivity index (χ4v) is 2.29. The summed E-state index contributed by atoms with van der Waals surface area (Å²) in [5.74, 6) is 0.954. The third-order valence-corrected chi connectivity index (χ3v) is 3.26. The van der Waals surface area contributed by atoms with Crippen molar-refractivity contribution in [2.45, 2.75) is 0 Å². The summed E-state index contributed by atoms with van der Waals surface area (Å²) in [4.78, 5) is 15.4. The van der Waals surface area contributed by atoms with Gasteiger partial charge in [-0.05, 0) is 16.8 Å². The number of hydrogen-bond acceptors (Lipinski definition) is 7. The van der Waals surface area contributed by atoms with Gasteiger partial charge in [-0.2, -0.15) is 15.0 Å². The number of benzene rings is 2. The molecule has 3 rings (SSSR count). The summed E-state index contributed by atoms with van der Waals surface area (Å²) >= 11 is 0. The quantitative estimate of drug-likeness (QED) is 0.589. The molecule has 0 fully saturated rings. The van der Waals surface area contributed by atoms with Crippen molar-refractivity contribution >= 4 is 16.7 Å². The maximum absolute atomic E-state index is 6.84. The Morgan fingerprint density at radius 3 is 2.57 bits per heavy atom. The highest BCUT2D eigenvalue weighted by Crippen LogP contribution is 2.36. The first-order chi connectivity index (χ1) is 11.3. The molecule has 23 heavy (non-hydrogen) atoms. The van der Waals surface area contributed by atoms with Crippen LogP contribution in [-0.2, 0) is 0 Å². The van der Waals surface area contributed by atoms with E-state index in [0.717, 1.165) is 10.8 Å². The minimum Gasteiger partial charge on any atom is -0.496 e. The van der Waals surface area contributed by atoms with E-state index in [-0.39, 0.29) is 12.0 Å². The molecule has 0 atom stereocenters. The second kappa shape index (κ2) is 6.17. The maximum Gasteiger partial charge on any atom is 0.343 e. The molecule has 1 heterocycles. The predicted octanol–water partition coefficient (Wildman–Crippen LogP) is 2.89. The van der Waals surface area contributed by atoms with Gasteiger partial charge in [-0.25, -0.2) is 0 Å². The minimum absolute atomic E-state index is 0.00293. The van der Waals surface area contributed by atoms with E-state index >= 15 is 0 Å². The molecule has 0 aliphatic rings. The molecule has 8 nitrogen and oxygen atoms in total. The number of methoxy groups -OCH3 is 2. The van der Waals surface area contributed by atoms with E-state index in [1.165, 1.54) is 7.11 Å². The van der Waals surface area contributed by atoms with Crippen LogP contribution >= 0.6 is 0 Å². The highest BCUT2D eigenvalue weighted by Gasteiger charge is 2.17. The zero-order chi connectivity index (χ0) is 16.2. The van der Waals surface area contributed by atoms with Crippen molar-refractivity contribution in [1.82, 2.24) is 19.9 Å². The standard InChI is InChI=1S/C15H13N6O2/c1-22-11-8-7-9-5-3-4-6-10(9)12(11)13-17-14(20-21-16)19-15(18-13)23-2/h3-8,16H,1-2H3/q+1. The summed E-state index contributed by atoms with van der Waals surface area (Å²) in [5.41, 5.74) is 7.55. The van der Waals surface area contributed by atoms with Gasteiger partial charge in [0.1, 0.15) is 11.3 Å². The SMILES string of the molecule is COc1nc(N=[N+]=N)nc(-c2c(OC)ccc3ccccc23)n1. The van der Waals surface area contributed by atoms with Gasteiger partial charge in [-0.1, -0.05) is 30.3 Å². The van der Waals surface area contributed by atoms with Crippen LogP contribution in [0, 0.1) is 5.53 Å². The number of rotatable bonds is 4. The molecule has 8 heteroatoms. The summed E-state index contributed by atoms with van der Waals surface area (Å²) in [6.45, 7) is 0. The lowest BCUT2D eigenvalue weighted by Gasteiger charge is -2.11. The summed E-state index contributed by atoms with van der Waals surface area (Å²) < 4.78 is 10.5. The van der Waals surface area contributed by atoms with Gasteiger partial charge in [-0.3, -0.25) is 0 Å². The molecule has 0 saturated carbocycles. The summed E-state index contributed by atoms with van der Waals surface area (Å²) in [6, 6.07) is 11.7. The predicted molar refractivity (Wildman–Crippen MR) is 82.8 cm³/mol. The normalized spacial score (nSPS) is 10.2. The summed E-state index contributed by atoms with van der Waals surface area (Å²) in [6.07, 6.45) is 0. The first kappa shape index (κ1) is 14.6. The number of hydrogen-bond donors (Lipinski definition) is 1. The van der Waals surface area contributed by atoms with Crippen molar-refractivity contribution in [2.75, 3.05) is 14.2 Å². The van der Waals surface area contributed by atoms with E-state index < -0.39 is 0 Å². The Kier molecular flexibility index (Phi) is 3.90. The highest BCUT2D eigenvalue weighted by atomic mass is 16.5. The van der Waals surface area contributed by atoms with E-state index in [9.17, 15) is 0 Å². The van der Waals surface area contributed by atoms with Crippen LogP contribution in [0.25, 0.3) is 22.2 Å². The number of nitrogens with zero attached hydrogens (tertiary/aromatic N) is 5. The molecule has 0 aliphatic heterocycles. The van der Waals surface area contributed by atoms with E-state index in [2.05, 4.69) is 25.0 Å². The molecule has 0 unspecified atom stereocenters. The Morgan fingerprint density at radius 2 is 1.83 bits per heavy atom. The van der Waals surface area contributed by atoms with Crippen LogP contribution in [0.4, 0.5) is 5.95 Å². The molecule has 1 N–H and O–H groups in total. The van der Waals surface area contributed by atoms with Gasteiger partial charge in [0.05, 0.1) is 19.8 Å². The van der Waals surface area contributed by atoms with E-state index in [1.807, 2.05) is 36.4 Å². The van der Waals surface area contributed by atoms with Crippen molar-refractivity contribution in [1.29, 1.82) is 5.53 Å². The van der Waals surface area contributed by atoms with E-state index in [0.29, 0.717) is 17.1 Å². The molecule has 0 aliphatic carbocycles. The topological polar surface area (TPSA) is 107 Å². The van der Waals surface area contributed by atoms with Crippen LogP contribution in [-0.4, -0.2) is 29.2 Å². The van der Waals surface area contributed by atoms with Gasteiger partial charge in [0.2, 0.25) is 4.91 Å². The van der Waals surface area contributed by atoms with E-state index in [1.54, 1.807) is 7.11 Å². The molecule has 2 aromatic carbocycles. The highest BCUT2D eigenvalue weighted by molar-refractivity contribution is 5.98. The average Bonchev–Trinajstić information content (AvgIpc) is 2.60. The van der Waals surface area contributed by atoms with Crippen LogP contribution in [0.3, 0.4) is 0 Å². The second-order valence-corrected chi connectivity index (χ2v) is 4.51. The largest absolute Gasteiger partial charge is 0.496 e. The van der Waals surface area contributed by atoms with Crippen LogP contribution in [0.2, 0.25) is 0 Å². The molecule has 0 spiro atoms. The monoisotopic (exact) mass is 309 g/mol. The minimum atomic E-state index is -0.00293. The first-order valence-electron chi connectivity index (χ1n) is 6.70. The van der Waals surface area contributed by atoms with Crippen LogP contribution in [0.5, 0.6) is 11.8 Å². The molecular formula is C15H13N6O2+. The van der Waals surface area contributed by atoms with Crippen molar-refractivity contribution < 1.29 is 9.47 Å². The molecule has 1 aromatic heterocycles. The number of nitrogens with one attached hydrogen (secondary N) is 1. The lowest BCUT2D eigenvalue weighted by atomic mass is 10.0. The third kappa shape index (κ3) is 2.70. The maximum atomic E-state index is 6.84. The van der Waals surface area contributed by atoms with Crippen LogP contribution < -0.4 is 14.4 Å². The number of aromatic nitrogens is 3. The molecule has 0 radical (unpaired) electrons. The van der Waals surface area contributed by atoms with E-state index in [4.69, 9.17) is 15.0 Å². The van der Waals surface area contributed by atoms with Crippen LogP contribution in [0.15, 0.2) is 41.5 Å². The first-order valence-corrected chi connectivity index (χ1v) is 6.70. The summed E-state index contributed by atoms with van der Waals surface area (Å²) in [7, 11) is 3.03. The van der Waals surface area contributed by atoms with Crippen LogP contribution in [0.1, 0.15) is 0 Å². The Balaban J connectivity index is 2.35. The number of ether oxygens (including phenoxy) is 2. The molecular weight excluding hydrogens is 296 g/mol.